The van der Waals surface area contributed by atoms with Gasteiger partial charge >= 0.3 is 6.18 Å². The maximum absolute atomic E-state index is 13.3. The summed E-state index contributed by atoms with van der Waals surface area (Å²) in [4.78, 5) is 0. The normalized spacial score (nSPS) is 20.3. The van der Waals surface area contributed by atoms with Crippen LogP contribution in [0.4, 0.5) is 17.6 Å². The molecule has 0 saturated heterocycles. The number of aromatic nitrogens is 2. The van der Waals surface area contributed by atoms with Crippen LogP contribution < -0.4 is 4.72 Å². The van der Waals surface area contributed by atoms with E-state index in [1.54, 1.807) is 23.0 Å². The number of nitrogens with zero attached hydrogens (tertiary/aromatic N) is 2. The van der Waals surface area contributed by atoms with Crippen LogP contribution in [0.25, 0.3) is 16.6 Å². The van der Waals surface area contributed by atoms with Crippen molar-refractivity contribution in [3.05, 3.63) is 95.9 Å². The Labute approximate surface area is 199 Å². The molecule has 0 radical (unpaired) electrons. The second-order valence-corrected chi connectivity index (χ2v) is 10.6. The van der Waals surface area contributed by atoms with E-state index in [0.717, 1.165) is 22.0 Å². The van der Waals surface area contributed by atoms with Gasteiger partial charge in [0.15, 0.2) is 5.75 Å². The van der Waals surface area contributed by atoms with Crippen LogP contribution in [-0.4, -0.2) is 36.7 Å². The largest absolute Gasteiger partial charge is 0.404 e. The minimum atomic E-state index is -4.80. The molecule has 0 bridgehead atoms. The minimum Gasteiger partial charge on any atom is -0.233 e. The number of hydrogen-bond acceptors (Lipinski definition) is 3. The first-order valence-corrected chi connectivity index (χ1v) is 12.6. The molecule has 1 heterocycles. The van der Waals surface area contributed by atoms with Gasteiger partial charge in [-0.1, -0.05) is 36.4 Å². The van der Waals surface area contributed by atoms with Crippen LogP contribution in [-0.2, 0) is 15.4 Å². The molecule has 0 spiro atoms. The quantitative estimate of drug-likeness (QED) is 0.363. The van der Waals surface area contributed by atoms with Crippen molar-refractivity contribution in [3.8, 4) is 5.69 Å². The number of rotatable bonds is 7. The molecule has 2 atom stereocenters. The molecule has 1 N–H and O–H groups in total. The number of halogens is 4. The van der Waals surface area contributed by atoms with E-state index < -0.39 is 27.4 Å². The molecule has 1 saturated carbocycles. The Kier molecular flexibility index (Phi) is 5.68. The zero-order chi connectivity index (χ0) is 24.8. The van der Waals surface area contributed by atoms with Gasteiger partial charge in [0.05, 0.1) is 17.4 Å². The third-order valence-corrected chi connectivity index (χ3v) is 7.77. The summed E-state index contributed by atoms with van der Waals surface area (Å²) in [6.07, 6.45) is -2.52. The van der Waals surface area contributed by atoms with Gasteiger partial charge < -0.3 is 0 Å². The summed E-state index contributed by atoms with van der Waals surface area (Å²) in [5, 5.41) is 5.27. The van der Waals surface area contributed by atoms with Gasteiger partial charge in [0.2, 0.25) is 10.0 Å². The van der Waals surface area contributed by atoms with Crippen molar-refractivity contribution >= 4 is 20.9 Å². The molecule has 182 valence electrons. The molecule has 0 aliphatic heterocycles. The molecule has 10 heteroatoms. The van der Waals surface area contributed by atoms with E-state index in [9.17, 15) is 26.0 Å². The second kappa shape index (κ2) is 8.46. The third-order valence-electron chi connectivity index (χ3n) is 6.45. The van der Waals surface area contributed by atoms with Gasteiger partial charge in [-0.15, -0.1) is 0 Å². The number of nitrogens with one attached hydrogen (secondary N) is 1. The highest BCUT2D eigenvalue weighted by Crippen LogP contribution is 2.59. The minimum absolute atomic E-state index is 0.0970. The Morgan fingerprint density at radius 2 is 1.71 bits per heavy atom. The molecular formula is C25H21F4N3O2S. The molecule has 2 unspecified atom stereocenters. The van der Waals surface area contributed by atoms with E-state index >= 15 is 0 Å². The molecule has 1 aliphatic carbocycles. The summed E-state index contributed by atoms with van der Waals surface area (Å²) in [5.74, 6) is -2.46. The molecule has 35 heavy (non-hydrogen) atoms. The zero-order valence-corrected chi connectivity index (χ0v) is 19.2. The van der Waals surface area contributed by atoms with Gasteiger partial charge in [-0.05, 0) is 59.9 Å². The standard InChI is InChI=1S/C25H21F4N3O2S/c26-21-7-9-22(10-8-21)32-23-11-6-19(12-17(23)14-30-32)24(18-4-2-1-3-5-18)13-20(24)15-31-35(33,34)16-25(27,28)29/h1-12,14,20,31H,13,15-16H2. The van der Waals surface area contributed by atoms with E-state index in [1.165, 1.54) is 12.1 Å². The molecule has 3 aromatic carbocycles. The fourth-order valence-electron chi connectivity index (χ4n) is 4.78. The molecule has 5 nitrogen and oxygen atoms in total. The lowest BCUT2D eigenvalue weighted by atomic mass is 9.85. The molecule has 1 aromatic heterocycles. The zero-order valence-electron chi connectivity index (χ0n) is 18.3. The Bertz CT molecular complexity index is 1470. The van der Waals surface area contributed by atoms with Crippen molar-refractivity contribution in [1.29, 1.82) is 0 Å². The third kappa shape index (κ3) is 4.68. The molecule has 1 fully saturated rings. The average Bonchev–Trinajstić information content (AvgIpc) is 3.40. The smallest absolute Gasteiger partial charge is 0.233 e. The predicted octanol–water partition coefficient (Wildman–Crippen LogP) is 4.95. The lowest BCUT2D eigenvalue weighted by Crippen LogP contribution is -2.35. The highest BCUT2D eigenvalue weighted by atomic mass is 32.2. The van der Waals surface area contributed by atoms with Gasteiger partial charge in [0.25, 0.3) is 0 Å². The Morgan fingerprint density at radius 1 is 1.00 bits per heavy atom. The number of fused-ring (bicyclic) bond motifs is 1. The molecule has 0 amide bonds. The lowest BCUT2D eigenvalue weighted by molar-refractivity contribution is -0.106. The lowest BCUT2D eigenvalue weighted by Gasteiger charge is -2.20. The fraction of sp³-hybridized carbons (Fsp3) is 0.240. The van der Waals surface area contributed by atoms with Crippen LogP contribution in [0.2, 0.25) is 0 Å². The van der Waals surface area contributed by atoms with Crippen molar-refractivity contribution in [1.82, 2.24) is 14.5 Å². The SMILES string of the molecule is O=S(=O)(CC(F)(F)F)NCC1CC1(c1ccccc1)c1ccc2c(cnn2-c2ccc(F)cc2)c1. The number of hydrogen-bond donors (Lipinski definition) is 1. The molecule has 4 aromatic rings. The van der Waals surface area contributed by atoms with E-state index in [0.29, 0.717) is 12.1 Å². The maximum Gasteiger partial charge on any atom is 0.404 e. The van der Waals surface area contributed by atoms with E-state index in [-0.39, 0.29) is 18.3 Å². The Hall–Kier alpha value is -3.24. The summed E-state index contributed by atoms with van der Waals surface area (Å²) in [6, 6.07) is 21.3. The van der Waals surface area contributed by atoms with E-state index in [4.69, 9.17) is 0 Å². The van der Waals surface area contributed by atoms with Crippen molar-refractivity contribution < 1.29 is 26.0 Å². The van der Waals surface area contributed by atoms with Gasteiger partial charge in [-0.3, -0.25) is 0 Å². The first-order valence-electron chi connectivity index (χ1n) is 10.9. The van der Waals surface area contributed by atoms with Crippen LogP contribution in [0.5, 0.6) is 0 Å². The fourth-order valence-corrected chi connectivity index (χ4v) is 5.77. The summed E-state index contributed by atoms with van der Waals surface area (Å²) in [5.41, 5.74) is 2.87. The number of sulfonamides is 1. The molecule has 1 aliphatic rings. The first kappa shape index (κ1) is 23.5. The first-order chi connectivity index (χ1) is 16.6. The summed E-state index contributed by atoms with van der Waals surface area (Å²) in [7, 11) is -4.49. The summed E-state index contributed by atoms with van der Waals surface area (Å²) >= 11 is 0. The Balaban J connectivity index is 1.47. The Morgan fingerprint density at radius 3 is 2.40 bits per heavy atom. The van der Waals surface area contributed by atoms with Crippen molar-refractivity contribution in [3.63, 3.8) is 0 Å². The van der Waals surface area contributed by atoms with Crippen LogP contribution in [0.15, 0.2) is 79.0 Å². The topological polar surface area (TPSA) is 64.0 Å². The average molecular weight is 504 g/mol. The van der Waals surface area contributed by atoms with E-state index in [2.05, 4.69) is 9.82 Å². The van der Waals surface area contributed by atoms with Crippen molar-refractivity contribution in [2.24, 2.45) is 5.92 Å². The van der Waals surface area contributed by atoms with Gasteiger partial charge in [-0.2, -0.15) is 18.3 Å². The van der Waals surface area contributed by atoms with Crippen LogP contribution in [0.3, 0.4) is 0 Å². The van der Waals surface area contributed by atoms with Crippen molar-refractivity contribution in [2.45, 2.75) is 18.0 Å². The van der Waals surface area contributed by atoms with Gasteiger partial charge in [-0.25, -0.2) is 22.2 Å². The molecule has 5 rings (SSSR count). The van der Waals surface area contributed by atoms with Crippen LogP contribution in [0, 0.1) is 11.7 Å². The molecular weight excluding hydrogens is 482 g/mol. The summed E-state index contributed by atoms with van der Waals surface area (Å²) < 4.78 is 78.9. The highest BCUT2D eigenvalue weighted by Gasteiger charge is 2.56. The van der Waals surface area contributed by atoms with Crippen LogP contribution >= 0.6 is 0 Å². The monoisotopic (exact) mass is 503 g/mol. The van der Waals surface area contributed by atoms with Gasteiger partial charge in [0, 0.05) is 17.3 Å². The van der Waals surface area contributed by atoms with Crippen molar-refractivity contribution in [2.75, 3.05) is 12.3 Å². The summed E-state index contributed by atoms with van der Waals surface area (Å²) in [6.45, 7) is -0.0970. The van der Waals surface area contributed by atoms with E-state index in [1.807, 2.05) is 48.5 Å². The second-order valence-electron chi connectivity index (χ2n) is 8.77. The highest BCUT2D eigenvalue weighted by molar-refractivity contribution is 7.89. The number of alkyl halides is 3. The predicted molar refractivity (Wildman–Crippen MR) is 124 cm³/mol. The van der Waals surface area contributed by atoms with Gasteiger partial charge in [0.1, 0.15) is 5.82 Å². The number of benzene rings is 3. The van der Waals surface area contributed by atoms with Crippen LogP contribution in [0.1, 0.15) is 17.5 Å². The maximum atomic E-state index is 13.3.